The summed E-state index contributed by atoms with van der Waals surface area (Å²) in [5.41, 5.74) is 0. The van der Waals surface area contributed by atoms with Crippen molar-refractivity contribution in [1.29, 1.82) is 0 Å². The van der Waals surface area contributed by atoms with Crippen molar-refractivity contribution < 1.29 is 54.7 Å². The van der Waals surface area contributed by atoms with Crippen molar-refractivity contribution in [1.82, 2.24) is 0 Å². The third kappa shape index (κ3) is 8.28. The second kappa shape index (κ2) is 15.4. The number of ether oxygens (including phenoxy) is 3. The van der Waals surface area contributed by atoms with E-state index in [-0.39, 0.29) is 47.5 Å². The van der Waals surface area contributed by atoms with E-state index < -0.39 is 64.1 Å². The van der Waals surface area contributed by atoms with Crippen LogP contribution in [0.5, 0.6) is 0 Å². The van der Waals surface area contributed by atoms with E-state index in [4.69, 9.17) is 9.47 Å². The molecule has 3 saturated carbocycles. The van der Waals surface area contributed by atoms with Gasteiger partial charge in [0.1, 0.15) is 28.9 Å². The molecular weight excluding hydrogens is 710 g/mol. The minimum absolute atomic E-state index is 0.00533. The van der Waals surface area contributed by atoms with E-state index in [2.05, 4.69) is 95.7 Å². The molecule has 1 aliphatic heterocycles. The van der Waals surface area contributed by atoms with Crippen LogP contribution in [0.2, 0.25) is 0 Å². The standard InChI is InChI=1S/C19H23F3O9S.C18H15S/c20-19(21,22)13(32(26,27)28)7-29-16(23)9-3-1-2-4-10(9)17(24)30-14-8-5-11-12(6-8)18(25)31-15(11)14;1-4-10-16(11-5-1)19(17-12-6-2-7-13-17)18-14-8-3-9-15-18/h8-15H,1-7H2,(H,26,27,28);1-15H/q;+1/p-1. The van der Waals surface area contributed by atoms with Crippen LogP contribution < -0.4 is 0 Å². The summed E-state index contributed by atoms with van der Waals surface area (Å²) in [5, 5.41) is -3.38. The molecule has 0 radical (unpaired) electrons. The summed E-state index contributed by atoms with van der Waals surface area (Å²) in [5.74, 6) is -4.46. The van der Waals surface area contributed by atoms with Crippen molar-refractivity contribution in [2.75, 3.05) is 6.61 Å². The minimum atomic E-state index is -5.79. The molecule has 3 aromatic carbocycles. The lowest BCUT2D eigenvalue weighted by atomic mass is 9.79. The molecule has 4 aliphatic rings. The maximum atomic E-state index is 12.9. The molecule has 0 amide bonds. The topological polar surface area (TPSA) is 136 Å². The monoisotopic (exact) mass is 746 g/mol. The molecule has 272 valence electrons. The van der Waals surface area contributed by atoms with Crippen molar-refractivity contribution in [3.8, 4) is 0 Å². The van der Waals surface area contributed by atoms with Crippen molar-refractivity contribution in [2.45, 2.75) is 76.8 Å². The Balaban J connectivity index is 0.000000200. The van der Waals surface area contributed by atoms with Gasteiger partial charge in [-0.1, -0.05) is 67.4 Å². The van der Waals surface area contributed by atoms with Crippen LogP contribution >= 0.6 is 0 Å². The van der Waals surface area contributed by atoms with E-state index >= 15 is 0 Å². The Hall–Kier alpha value is -3.88. The molecule has 2 bridgehead atoms. The fourth-order valence-electron chi connectivity index (χ4n) is 7.67. The zero-order valence-electron chi connectivity index (χ0n) is 27.4. The van der Waals surface area contributed by atoms with Crippen LogP contribution in [0.3, 0.4) is 0 Å². The molecule has 14 heteroatoms. The summed E-state index contributed by atoms with van der Waals surface area (Å²) in [7, 11) is -5.81. The Kier molecular flexibility index (Phi) is 11.1. The minimum Gasteiger partial charge on any atom is -0.747 e. The molecular formula is C37H37F3O9S2. The highest BCUT2D eigenvalue weighted by atomic mass is 32.2. The van der Waals surface area contributed by atoms with Crippen LogP contribution in [0, 0.1) is 29.6 Å². The number of hydrogen-bond donors (Lipinski definition) is 0. The number of esters is 3. The van der Waals surface area contributed by atoms with Gasteiger partial charge in [-0.15, -0.1) is 0 Å². The van der Waals surface area contributed by atoms with E-state index in [1.807, 2.05) is 0 Å². The van der Waals surface area contributed by atoms with Crippen LogP contribution in [0.15, 0.2) is 106 Å². The summed E-state index contributed by atoms with van der Waals surface area (Å²) in [6, 6.07) is 32.2. The highest BCUT2D eigenvalue weighted by molar-refractivity contribution is 7.97. The van der Waals surface area contributed by atoms with Crippen molar-refractivity contribution in [3.05, 3.63) is 91.0 Å². The molecule has 8 unspecified atom stereocenters. The predicted molar refractivity (Wildman–Crippen MR) is 177 cm³/mol. The first-order valence-electron chi connectivity index (χ1n) is 16.8. The summed E-state index contributed by atoms with van der Waals surface area (Å²) >= 11 is 0. The number of hydrogen-bond acceptors (Lipinski definition) is 9. The summed E-state index contributed by atoms with van der Waals surface area (Å²) < 4.78 is 86.7. The van der Waals surface area contributed by atoms with Crippen LogP contribution in [0.25, 0.3) is 0 Å². The molecule has 3 aliphatic carbocycles. The lowest BCUT2D eigenvalue weighted by molar-refractivity contribution is -0.175. The number of alkyl halides is 3. The molecule has 1 heterocycles. The van der Waals surface area contributed by atoms with Crippen molar-refractivity contribution in [2.24, 2.45) is 29.6 Å². The van der Waals surface area contributed by atoms with Gasteiger partial charge in [0.2, 0.25) is 0 Å². The first-order chi connectivity index (χ1) is 24.3. The van der Waals surface area contributed by atoms with Gasteiger partial charge in [0.25, 0.3) is 0 Å². The number of carbonyl (C=O) groups excluding carboxylic acids is 3. The van der Waals surface area contributed by atoms with Gasteiger partial charge in [-0.3, -0.25) is 14.4 Å². The van der Waals surface area contributed by atoms with E-state index in [0.29, 0.717) is 25.7 Å². The van der Waals surface area contributed by atoms with Crippen LogP contribution in [0.4, 0.5) is 13.2 Å². The normalized spacial score (nSPS) is 27.2. The number of rotatable bonds is 9. The smallest absolute Gasteiger partial charge is 0.407 e. The Morgan fingerprint density at radius 3 is 1.78 bits per heavy atom. The summed E-state index contributed by atoms with van der Waals surface area (Å²) in [6.45, 7) is -1.67. The Labute approximate surface area is 297 Å². The molecule has 51 heavy (non-hydrogen) atoms. The Morgan fingerprint density at radius 2 is 1.31 bits per heavy atom. The predicted octanol–water partition coefficient (Wildman–Crippen LogP) is 6.09. The SMILES string of the molecule is O=C(OCC(C(F)(F)F)S(=O)(=O)[O-])C1CCCCC1C(=O)OC1C2CC3C(=O)OC1C3C2.c1ccc([S+](c2ccccc2)c2ccccc2)cc1. The third-order valence-electron chi connectivity index (χ3n) is 10.1. The lowest BCUT2D eigenvalue weighted by Crippen LogP contribution is -2.43. The van der Waals surface area contributed by atoms with Gasteiger partial charge >= 0.3 is 24.1 Å². The highest BCUT2D eigenvalue weighted by Crippen LogP contribution is 2.55. The van der Waals surface area contributed by atoms with Gasteiger partial charge < -0.3 is 18.8 Å². The van der Waals surface area contributed by atoms with Gasteiger partial charge in [0, 0.05) is 11.8 Å². The largest absolute Gasteiger partial charge is 0.747 e. The molecule has 1 saturated heterocycles. The molecule has 8 atom stereocenters. The van der Waals surface area contributed by atoms with Crippen LogP contribution in [0.1, 0.15) is 38.5 Å². The highest BCUT2D eigenvalue weighted by Gasteiger charge is 2.63. The zero-order chi connectivity index (χ0) is 36.3. The van der Waals surface area contributed by atoms with E-state index in [1.54, 1.807) is 0 Å². The van der Waals surface area contributed by atoms with Gasteiger partial charge in [0.05, 0.1) is 28.6 Å². The maximum absolute atomic E-state index is 12.9. The zero-order valence-corrected chi connectivity index (χ0v) is 29.0. The Bertz CT molecular complexity index is 1700. The summed E-state index contributed by atoms with van der Waals surface area (Å²) in [4.78, 5) is 41.3. The Morgan fingerprint density at radius 1 is 0.824 bits per heavy atom. The number of halogens is 3. The third-order valence-corrected chi connectivity index (χ3v) is 13.4. The van der Waals surface area contributed by atoms with E-state index in [1.165, 1.54) is 14.7 Å². The first kappa shape index (κ1) is 36.9. The van der Waals surface area contributed by atoms with Crippen molar-refractivity contribution >= 4 is 38.9 Å². The fraction of sp³-hybridized carbons (Fsp3) is 0.432. The molecule has 7 rings (SSSR count). The first-order valence-corrected chi connectivity index (χ1v) is 19.5. The van der Waals surface area contributed by atoms with Crippen LogP contribution in [-0.2, 0) is 49.6 Å². The molecule has 4 fully saturated rings. The quantitative estimate of drug-likeness (QED) is 0.110. The van der Waals surface area contributed by atoms with E-state index in [0.717, 1.165) is 0 Å². The average molecular weight is 747 g/mol. The van der Waals surface area contributed by atoms with Gasteiger partial charge in [-0.05, 0) is 62.1 Å². The number of fused-ring (bicyclic) bond motifs is 1. The number of carbonyl (C=O) groups is 3. The summed E-state index contributed by atoms with van der Waals surface area (Å²) in [6.07, 6.45) is -3.76. The molecule has 0 N–H and O–H groups in total. The fourth-order valence-corrected chi connectivity index (χ4v) is 10.3. The number of benzene rings is 3. The second-order valence-electron chi connectivity index (χ2n) is 13.2. The average Bonchev–Trinajstić information content (AvgIpc) is 3.75. The second-order valence-corrected chi connectivity index (χ2v) is 16.8. The van der Waals surface area contributed by atoms with Gasteiger partial charge in [-0.25, -0.2) is 8.42 Å². The van der Waals surface area contributed by atoms with E-state index in [9.17, 15) is 40.5 Å². The van der Waals surface area contributed by atoms with Gasteiger partial charge in [0.15, 0.2) is 19.9 Å². The lowest BCUT2D eigenvalue weighted by Gasteiger charge is -2.32. The van der Waals surface area contributed by atoms with Gasteiger partial charge in [-0.2, -0.15) is 13.2 Å². The molecule has 9 nitrogen and oxygen atoms in total. The maximum Gasteiger partial charge on any atom is 0.407 e. The molecule has 0 spiro atoms. The molecule has 0 aromatic heterocycles. The molecule has 3 aromatic rings. The van der Waals surface area contributed by atoms with Crippen LogP contribution in [-0.4, -0.2) is 61.1 Å². The van der Waals surface area contributed by atoms with Crippen molar-refractivity contribution in [3.63, 3.8) is 0 Å².